The standard InChI is InChI=1S/C10H10BrN/c11-10-7-2-1-5-9(10)6-3-4-8-12/h1-2,5,7H,4,8,12H2. The van der Waals surface area contributed by atoms with Gasteiger partial charge in [0.05, 0.1) is 0 Å². The summed E-state index contributed by atoms with van der Waals surface area (Å²) in [7, 11) is 0. The maximum Gasteiger partial charge on any atom is 0.0387 e. The maximum absolute atomic E-state index is 5.32. The summed E-state index contributed by atoms with van der Waals surface area (Å²) in [6.45, 7) is 0.622. The van der Waals surface area contributed by atoms with Crippen molar-refractivity contribution >= 4 is 15.9 Å². The molecule has 0 aliphatic carbocycles. The number of hydrogen-bond acceptors (Lipinski definition) is 1. The van der Waals surface area contributed by atoms with Gasteiger partial charge in [-0.1, -0.05) is 24.0 Å². The lowest BCUT2D eigenvalue weighted by molar-refractivity contribution is 1.03. The smallest absolute Gasteiger partial charge is 0.0387 e. The second kappa shape index (κ2) is 4.97. The highest BCUT2D eigenvalue weighted by atomic mass is 79.9. The number of hydrogen-bond donors (Lipinski definition) is 1. The van der Waals surface area contributed by atoms with Gasteiger partial charge in [-0.2, -0.15) is 0 Å². The SMILES string of the molecule is NCCC#Cc1ccccc1Br. The molecular formula is C10H10BrN. The topological polar surface area (TPSA) is 26.0 Å². The zero-order chi connectivity index (χ0) is 8.81. The third-order valence-electron chi connectivity index (χ3n) is 1.37. The van der Waals surface area contributed by atoms with Crippen LogP contribution in [0.5, 0.6) is 0 Å². The van der Waals surface area contributed by atoms with Gasteiger partial charge < -0.3 is 5.73 Å². The molecule has 0 radical (unpaired) electrons. The number of rotatable bonds is 1. The van der Waals surface area contributed by atoms with E-state index in [-0.39, 0.29) is 0 Å². The molecule has 1 rings (SSSR count). The molecule has 2 heteroatoms. The Morgan fingerprint density at radius 2 is 2.08 bits per heavy atom. The molecule has 0 fully saturated rings. The van der Waals surface area contributed by atoms with Crippen molar-refractivity contribution in [2.45, 2.75) is 6.42 Å². The minimum absolute atomic E-state index is 0.622. The van der Waals surface area contributed by atoms with Gasteiger partial charge in [0.1, 0.15) is 0 Å². The van der Waals surface area contributed by atoms with Crippen LogP contribution < -0.4 is 5.73 Å². The van der Waals surface area contributed by atoms with Crippen molar-refractivity contribution < 1.29 is 0 Å². The van der Waals surface area contributed by atoms with E-state index in [2.05, 4.69) is 27.8 Å². The van der Waals surface area contributed by atoms with Crippen LogP contribution in [0.25, 0.3) is 0 Å². The quantitative estimate of drug-likeness (QED) is 0.726. The van der Waals surface area contributed by atoms with E-state index in [1.807, 2.05) is 24.3 Å². The minimum Gasteiger partial charge on any atom is -0.330 e. The van der Waals surface area contributed by atoms with E-state index in [0.717, 1.165) is 16.5 Å². The van der Waals surface area contributed by atoms with Gasteiger partial charge in [0.25, 0.3) is 0 Å². The highest BCUT2D eigenvalue weighted by Gasteiger charge is 1.90. The highest BCUT2D eigenvalue weighted by Crippen LogP contribution is 2.13. The molecule has 0 aromatic heterocycles. The van der Waals surface area contributed by atoms with Crippen LogP contribution in [0.15, 0.2) is 28.7 Å². The number of benzene rings is 1. The Bertz CT molecular complexity index is 309. The van der Waals surface area contributed by atoms with E-state index < -0.39 is 0 Å². The average molecular weight is 224 g/mol. The lowest BCUT2D eigenvalue weighted by Crippen LogP contribution is -1.95. The van der Waals surface area contributed by atoms with Crippen molar-refractivity contribution in [1.29, 1.82) is 0 Å². The fraction of sp³-hybridized carbons (Fsp3) is 0.200. The van der Waals surface area contributed by atoms with Gasteiger partial charge >= 0.3 is 0 Å². The molecule has 0 aliphatic heterocycles. The van der Waals surface area contributed by atoms with Crippen LogP contribution in [0.2, 0.25) is 0 Å². The zero-order valence-corrected chi connectivity index (χ0v) is 8.26. The maximum atomic E-state index is 5.32. The van der Waals surface area contributed by atoms with E-state index in [4.69, 9.17) is 5.73 Å². The van der Waals surface area contributed by atoms with E-state index in [1.54, 1.807) is 0 Å². The van der Waals surface area contributed by atoms with Crippen molar-refractivity contribution in [1.82, 2.24) is 0 Å². The Kier molecular flexibility index (Phi) is 3.86. The Morgan fingerprint density at radius 3 is 2.75 bits per heavy atom. The predicted octanol–water partition coefficient (Wildman–Crippen LogP) is 2.15. The third kappa shape index (κ3) is 2.69. The summed E-state index contributed by atoms with van der Waals surface area (Å²) >= 11 is 3.41. The molecule has 0 spiro atoms. The van der Waals surface area contributed by atoms with Crippen molar-refractivity contribution in [3.8, 4) is 11.8 Å². The van der Waals surface area contributed by atoms with Crippen molar-refractivity contribution in [2.24, 2.45) is 5.73 Å². The summed E-state index contributed by atoms with van der Waals surface area (Å²) in [5.41, 5.74) is 6.34. The summed E-state index contributed by atoms with van der Waals surface area (Å²) in [4.78, 5) is 0. The highest BCUT2D eigenvalue weighted by molar-refractivity contribution is 9.10. The van der Waals surface area contributed by atoms with Gasteiger partial charge in [0.2, 0.25) is 0 Å². The first-order valence-corrected chi connectivity index (χ1v) is 4.57. The molecule has 1 nitrogen and oxygen atoms in total. The van der Waals surface area contributed by atoms with Crippen LogP contribution in [0.1, 0.15) is 12.0 Å². The summed E-state index contributed by atoms with van der Waals surface area (Å²) < 4.78 is 1.04. The van der Waals surface area contributed by atoms with Gasteiger partial charge in [-0.05, 0) is 28.1 Å². The minimum atomic E-state index is 0.622. The lowest BCUT2D eigenvalue weighted by atomic mass is 10.2. The first kappa shape index (κ1) is 9.31. The van der Waals surface area contributed by atoms with Gasteiger partial charge in [-0.15, -0.1) is 0 Å². The molecule has 0 saturated heterocycles. The van der Waals surface area contributed by atoms with E-state index >= 15 is 0 Å². The van der Waals surface area contributed by atoms with Crippen molar-refractivity contribution in [2.75, 3.05) is 6.54 Å². The van der Waals surface area contributed by atoms with Crippen molar-refractivity contribution in [3.63, 3.8) is 0 Å². The van der Waals surface area contributed by atoms with Crippen LogP contribution in [-0.4, -0.2) is 6.54 Å². The summed E-state index contributed by atoms with van der Waals surface area (Å²) in [6, 6.07) is 7.90. The van der Waals surface area contributed by atoms with Gasteiger partial charge in [-0.3, -0.25) is 0 Å². The molecular weight excluding hydrogens is 214 g/mol. The largest absolute Gasteiger partial charge is 0.330 e. The summed E-state index contributed by atoms with van der Waals surface area (Å²) in [5, 5.41) is 0. The monoisotopic (exact) mass is 223 g/mol. The second-order valence-electron chi connectivity index (χ2n) is 2.32. The first-order valence-electron chi connectivity index (χ1n) is 3.78. The van der Waals surface area contributed by atoms with Gasteiger partial charge in [0, 0.05) is 23.0 Å². The average Bonchev–Trinajstić information content (AvgIpc) is 2.09. The van der Waals surface area contributed by atoms with Crippen LogP contribution in [0.4, 0.5) is 0 Å². The molecule has 12 heavy (non-hydrogen) atoms. The molecule has 0 heterocycles. The molecule has 2 N–H and O–H groups in total. The van der Waals surface area contributed by atoms with E-state index in [1.165, 1.54) is 0 Å². The normalized spacial score (nSPS) is 8.83. The van der Waals surface area contributed by atoms with Crippen LogP contribution in [0, 0.1) is 11.8 Å². The number of halogens is 1. The van der Waals surface area contributed by atoms with Crippen LogP contribution in [0.3, 0.4) is 0 Å². The fourth-order valence-corrected chi connectivity index (χ4v) is 1.18. The molecule has 0 aliphatic rings. The second-order valence-corrected chi connectivity index (χ2v) is 3.17. The molecule has 0 saturated carbocycles. The molecule has 1 aromatic carbocycles. The molecule has 0 bridgehead atoms. The molecule has 0 atom stereocenters. The van der Waals surface area contributed by atoms with Crippen LogP contribution in [-0.2, 0) is 0 Å². The molecule has 0 unspecified atom stereocenters. The lowest BCUT2D eigenvalue weighted by Gasteiger charge is -1.92. The summed E-state index contributed by atoms with van der Waals surface area (Å²) in [5.74, 6) is 6.02. The van der Waals surface area contributed by atoms with E-state index in [9.17, 15) is 0 Å². The van der Waals surface area contributed by atoms with Gasteiger partial charge in [-0.25, -0.2) is 0 Å². The molecule has 62 valence electrons. The van der Waals surface area contributed by atoms with Gasteiger partial charge in [0.15, 0.2) is 0 Å². The summed E-state index contributed by atoms with van der Waals surface area (Å²) in [6.07, 6.45) is 0.751. The third-order valence-corrected chi connectivity index (χ3v) is 2.06. The Labute approximate surface area is 81.1 Å². The fourth-order valence-electron chi connectivity index (χ4n) is 0.792. The zero-order valence-electron chi connectivity index (χ0n) is 6.68. The Morgan fingerprint density at radius 1 is 1.33 bits per heavy atom. The number of nitrogens with two attached hydrogens (primary N) is 1. The Hall–Kier alpha value is -0.780. The first-order chi connectivity index (χ1) is 5.84. The van der Waals surface area contributed by atoms with Crippen LogP contribution >= 0.6 is 15.9 Å². The molecule has 0 amide bonds. The Balaban J connectivity index is 2.77. The van der Waals surface area contributed by atoms with E-state index in [0.29, 0.717) is 6.54 Å². The predicted molar refractivity (Wildman–Crippen MR) is 54.7 cm³/mol. The van der Waals surface area contributed by atoms with Crippen molar-refractivity contribution in [3.05, 3.63) is 34.3 Å². The molecule has 1 aromatic rings.